The number of phenolic OH excluding ortho intramolecular Hbond substituents is 1. The lowest BCUT2D eigenvalue weighted by Crippen LogP contribution is -2.36. The summed E-state index contributed by atoms with van der Waals surface area (Å²) >= 11 is 0.613. The van der Waals surface area contributed by atoms with E-state index in [-0.39, 0.29) is 10.5 Å². The van der Waals surface area contributed by atoms with Crippen molar-refractivity contribution in [3.63, 3.8) is 0 Å². The van der Waals surface area contributed by atoms with Crippen molar-refractivity contribution in [2.45, 2.75) is 0 Å². The largest absolute Gasteiger partial charge is 0.502 e. The SMILES string of the molecule is COc1ccccc1NC(=O)CN1C(=O)S/C(=C\c2ccc(O)c([N+](=O)[O-])c2)C1=O. The zero-order valence-corrected chi connectivity index (χ0v) is 16.3. The topological polar surface area (TPSA) is 139 Å². The fourth-order valence-electron chi connectivity index (χ4n) is 2.65. The first kappa shape index (κ1) is 20.9. The number of benzene rings is 2. The van der Waals surface area contributed by atoms with Gasteiger partial charge in [-0.1, -0.05) is 18.2 Å². The van der Waals surface area contributed by atoms with Crippen molar-refractivity contribution in [2.75, 3.05) is 19.0 Å². The number of rotatable bonds is 6. The van der Waals surface area contributed by atoms with Gasteiger partial charge in [-0.3, -0.25) is 29.4 Å². The van der Waals surface area contributed by atoms with E-state index in [0.29, 0.717) is 23.2 Å². The predicted molar refractivity (Wildman–Crippen MR) is 109 cm³/mol. The van der Waals surface area contributed by atoms with E-state index in [1.165, 1.54) is 19.3 Å². The maximum absolute atomic E-state index is 12.5. The highest BCUT2D eigenvalue weighted by Gasteiger charge is 2.36. The lowest BCUT2D eigenvalue weighted by Gasteiger charge is -2.14. The minimum Gasteiger partial charge on any atom is -0.502 e. The fourth-order valence-corrected chi connectivity index (χ4v) is 3.48. The van der Waals surface area contributed by atoms with Gasteiger partial charge in [-0.05, 0) is 41.6 Å². The van der Waals surface area contributed by atoms with Crippen LogP contribution >= 0.6 is 11.8 Å². The highest BCUT2D eigenvalue weighted by Crippen LogP contribution is 2.34. The third-order valence-electron chi connectivity index (χ3n) is 4.05. The molecule has 0 spiro atoms. The van der Waals surface area contributed by atoms with Gasteiger partial charge in [-0.15, -0.1) is 0 Å². The molecule has 1 saturated heterocycles. The third-order valence-corrected chi connectivity index (χ3v) is 4.96. The third kappa shape index (κ3) is 4.41. The second kappa shape index (κ2) is 8.66. The van der Waals surface area contributed by atoms with Crippen LogP contribution in [0.25, 0.3) is 6.08 Å². The van der Waals surface area contributed by atoms with E-state index < -0.39 is 40.0 Å². The average Bonchev–Trinajstić information content (AvgIpc) is 2.97. The molecule has 0 aliphatic carbocycles. The number of methoxy groups -OCH3 is 1. The molecule has 0 atom stereocenters. The zero-order valence-electron chi connectivity index (χ0n) is 15.5. The molecule has 3 amide bonds. The van der Waals surface area contributed by atoms with Gasteiger partial charge >= 0.3 is 5.69 Å². The summed E-state index contributed by atoms with van der Waals surface area (Å²) < 4.78 is 5.14. The summed E-state index contributed by atoms with van der Waals surface area (Å²) in [5.41, 5.74) is 0.117. The molecule has 2 aromatic rings. The number of hydrogen-bond acceptors (Lipinski definition) is 8. The number of anilines is 1. The fraction of sp³-hybridized carbons (Fsp3) is 0.105. The van der Waals surface area contributed by atoms with Gasteiger partial charge in [-0.2, -0.15) is 0 Å². The van der Waals surface area contributed by atoms with Crippen molar-refractivity contribution < 1.29 is 29.2 Å². The second-order valence-corrected chi connectivity index (χ2v) is 7.01. The summed E-state index contributed by atoms with van der Waals surface area (Å²) in [6.07, 6.45) is 1.29. The number of phenols is 1. The van der Waals surface area contributed by atoms with Crippen molar-refractivity contribution in [2.24, 2.45) is 0 Å². The summed E-state index contributed by atoms with van der Waals surface area (Å²) in [5.74, 6) is -1.38. The predicted octanol–water partition coefficient (Wildman–Crippen LogP) is 2.98. The Balaban J connectivity index is 1.75. The Kier molecular flexibility index (Phi) is 6.02. The normalized spacial score (nSPS) is 14.8. The number of thioether (sulfide) groups is 1. The van der Waals surface area contributed by atoms with E-state index >= 15 is 0 Å². The summed E-state index contributed by atoms with van der Waals surface area (Å²) in [5, 5.41) is 22.4. The van der Waals surface area contributed by atoms with E-state index in [0.717, 1.165) is 17.0 Å². The number of hydrogen-bond donors (Lipinski definition) is 2. The van der Waals surface area contributed by atoms with Crippen LogP contribution in [0.15, 0.2) is 47.4 Å². The number of ether oxygens (including phenoxy) is 1. The van der Waals surface area contributed by atoms with E-state index in [9.17, 15) is 29.6 Å². The number of nitro groups is 1. The number of carbonyl (C=O) groups excluding carboxylic acids is 3. The van der Waals surface area contributed by atoms with Gasteiger partial charge < -0.3 is 15.2 Å². The lowest BCUT2D eigenvalue weighted by molar-refractivity contribution is -0.385. The maximum Gasteiger partial charge on any atom is 0.311 e. The van der Waals surface area contributed by atoms with Gasteiger partial charge in [0.2, 0.25) is 5.91 Å². The highest BCUT2D eigenvalue weighted by atomic mass is 32.2. The molecule has 10 nitrogen and oxygen atoms in total. The van der Waals surface area contributed by atoms with Crippen LogP contribution in [0.5, 0.6) is 11.5 Å². The Bertz CT molecular complexity index is 1080. The molecule has 2 aromatic carbocycles. The Morgan fingerprint density at radius 3 is 2.73 bits per heavy atom. The molecule has 0 aromatic heterocycles. The molecule has 0 radical (unpaired) electrons. The number of aromatic hydroxyl groups is 1. The molecule has 1 fully saturated rings. The minimum absolute atomic E-state index is 0.00470. The maximum atomic E-state index is 12.5. The number of nitrogens with one attached hydrogen (secondary N) is 1. The number of nitro benzene ring substituents is 1. The summed E-state index contributed by atoms with van der Waals surface area (Å²) in [7, 11) is 1.44. The van der Waals surface area contributed by atoms with Crippen LogP contribution in [0.4, 0.5) is 16.2 Å². The molecule has 30 heavy (non-hydrogen) atoms. The van der Waals surface area contributed by atoms with E-state index in [1.54, 1.807) is 24.3 Å². The van der Waals surface area contributed by atoms with Gasteiger partial charge in [0, 0.05) is 6.07 Å². The molecular formula is C19H15N3O7S. The number of imide groups is 1. The highest BCUT2D eigenvalue weighted by molar-refractivity contribution is 8.18. The van der Waals surface area contributed by atoms with Gasteiger partial charge in [0.25, 0.3) is 11.1 Å². The van der Waals surface area contributed by atoms with Crippen LogP contribution in [0.2, 0.25) is 0 Å². The molecule has 2 N–H and O–H groups in total. The van der Waals surface area contributed by atoms with Crippen LogP contribution < -0.4 is 10.1 Å². The average molecular weight is 429 g/mol. The Labute approximate surface area is 174 Å². The number of amides is 3. The smallest absolute Gasteiger partial charge is 0.311 e. The van der Waals surface area contributed by atoms with Crippen molar-refractivity contribution in [3.05, 3.63) is 63.0 Å². The van der Waals surface area contributed by atoms with Gasteiger partial charge in [0.1, 0.15) is 12.3 Å². The molecule has 154 valence electrons. The summed E-state index contributed by atoms with van der Waals surface area (Å²) in [6.45, 7) is -0.504. The zero-order chi connectivity index (χ0) is 21.8. The number of carbonyl (C=O) groups is 3. The van der Waals surface area contributed by atoms with Gasteiger partial charge in [0.05, 0.1) is 22.6 Å². The van der Waals surface area contributed by atoms with Crippen molar-refractivity contribution in [3.8, 4) is 11.5 Å². The van der Waals surface area contributed by atoms with E-state index in [4.69, 9.17) is 4.74 Å². The molecule has 0 unspecified atom stereocenters. The Morgan fingerprint density at radius 1 is 1.30 bits per heavy atom. The lowest BCUT2D eigenvalue weighted by atomic mass is 10.1. The molecule has 1 aliphatic heterocycles. The van der Waals surface area contributed by atoms with Crippen LogP contribution in [0.1, 0.15) is 5.56 Å². The molecular weight excluding hydrogens is 414 g/mol. The van der Waals surface area contributed by atoms with Gasteiger partial charge in [-0.25, -0.2) is 0 Å². The Hall–Kier alpha value is -3.86. The molecule has 0 bridgehead atoms. The minimum atomic E-state index is -0.763. The first-order chi connectivity index (χ1) is 14.3. The van der Waals surface area contributed by atoms with Crippen LogP contribution in [-0.2, 0) is 9.59 Å². The van der Waals surface area contributed by atoms with Crippen LogP contribution in [0.3, 0.4) is 0 Å². The molecule has 3 rings (SSSR count). The monoisotopic (exact) mass is 429 g/mol. The summed E-state index contributed by atoms with van der Waals surface area (Å²) in [4.78, 5) is 48.0. The second-order valence-electron chi connectivity index (χ2n) is 6.02. The van der Waals surface area contributed by atoms with Crippen molar-refractivity contribution in [1.29, 1.82) is 0 Å². The summed E-state index contributed by atoms with van der Waals surface area (Å²) in [6, 6.07) is 10.2. The first-order valence-corrected chi connectivity index (χ1v) is 9.27. The molecule has 1 heterocycles. The number of para-hydroxylation sites is 2. The van der Waals surface area contributed by atoms with Crippen molar-refractivity contribution >= 4 is 46.3 Å². The van der Waals surface area contributed by atoms with Crippen LogP contribution in [0, 0.1) is 10.1 Å². The number of nitrogens with zero attached hydrogens (tertiary/aromatic N) is 2. The van der Waals surface area contributed by atoms with Crippen molar-refractivity contribution in [1.82, 2.24) is 4.90 Å². The standard InChI is InChI=1S/C19H15N3O7S/c1-29-15-5-3-2-4-12(15)20-17(24)10-21-18(25)16(30-19(21)26)9-11-6-7-14(23)13(8-11)22(27)28/h2-9,23H,10H2,1H3,(H,20,24)/b16-9-. The van der Waals surface area contributed by atoms with E-state index in [1.807, 2.05) is 0 Å². The quantitative estimate of drug-likeness (QED) is 0.406. The van der Waals surface area contributed by atoms with E-state index in [2.05, 4.69) is 5.32 Å². The molecule has 1 aliphatic rings. The van der Waals surface area contributed by atoms with Gasteiger partial charge in [0.15, 0.2) is 5.75 Å². The van der Waals surface area contributed by atoms with Crippen LogP contribution in [-0.4, -0.2) is 45.6 Å². The molecule has 0 saturated carbocycles. The first-order valence-electron chi connectivity index (χ1n) is 8.46. The molecule has 11 heteroatoms. The Morgan fingerprint density at radius 2 is 2.03 bits per heavy atom.